The summed E-state index contributed by atoms with van der Waals surface area (Å²) < 4.78 is 41.5. The Bertz CT molecular complexity index is 1260. The molecule has 3 aliphatic rings. The minimum absolute atomic E-state index is 0.0200. The summed E-state index contributed by atoms with van der Waals surface area (Å²) in [5, 5.41) is -0.0200. The molecule has 1 fully saturated rings. The molecule has 2 aromatic carbocycles. The molecule has 0 bridgehead atoms. The number of hydrogen-bond donors (Lipinski definition) is 0. The summed E-state index contributed by atoms with van der Waals surface area (Å²) in [5.74, 6) is 2.94. The van der Waals surface area contributed by atoms with Crippen LogP contribution < -0.4 is 28.1 Å². The fourth-order valence-corrected chi connectivity index (χ4v) is 6.75. The molecule has 2 aromatic rings. The Kier molecular flexibility index (Phi) is 6.28. The Morgan fingerprint density at radius 2 is 1.61 bits per heavy atom. The highest BCUT2D eigenvalue weighted by molar-refractivity contribution is 6.74. The zero-order valence-corrected chi connectivity index (χ0v) is 24.8. The molecule has 8 nitrogen and oxygen atoms in total. The van der Waals surface area contributed by atoms with Gasteiger partial charge in [0.15, 0.2) is 23.0 Å². The molecule has 206 valence electrons. The standard InChI is InChI=1S/C29H38O8Si/c1-28(2,3)38(8,9)37-24-19-12-17-14-34-27(30)29(17,4)23(18(19)13-22-26(24)36-15-35-22)16-10-20(31-5)25(33-7)21(11-16)32-6/h10-11,13,17,23H,12,14-15H2,1-9H3/t17-,23+,29+/m0/s1. The van der Waals surface area contributed by atoms with Crippen molar-refractivity contribution in [3.63, 3.8) is 0 Å². The smallest absolute Gasteiger partial charge is 0.313 e. The normalized spacial score (nSPS) is 23.9. The van der Waals surface area contributed by atoms with E-state index in [9.17, 15) is 4.79 Å². The molecule has 1 saturated heterocycles. The van der Waals surface area contributed by atoms with Crippen molar-refractivity contribution in [1.82, 2.24) is 0 Å². The third-order valence-corrected chi connectivity index (χ3v) is 13.3. The van der Waals surface area contributed by atoms with Crippen molar-refractivity contribution in [1.29, 1.82) is 0 Å². The first kappa shape index (κ1) is 26.5. The second kappa shape index (κ2) is 9.00. The Morgan fingerprint density at radius 1 is 0.947 bits per heavy atom. The van der Waals surface area contributed by atoms with Crippen molar-refractivity contribution in [3.05, 3.63) is 34.9 Å². The number of esters is 1. The van der Waals surface area contributed by atoms with E-state index in [-0.39, 0.29) is 29.6 Å². The van der Waals surface area contributed by atoms with Crippen molar-refractivity contribution >= 4 is 14.3 Å². The first-order chi connectivity index (χ1) is 17.9. The zero-order valence-electron chi connectivity index (χ0n) is 23.8. The molecule has 1 aliphatic carbocycles. The number of carbonyl (C=O) groups excluding carboxylic acids is 1. The fourth-order valence-electron chi connectivity index (χ4n) is 5.71. The summed E-state index contributed by atoms with van der Waals surface area (Å²) in [6.45, 7) is 13.6. The maximum absolute atomic E-state index is 13.4. The van der Waals surface area contributed by atoms with Crippen LogP contribution in [0.4, 0.5) is 0 Å². The number of fused-ring (bicyclic) bond motifs is 3. The molecular formula is C29H38O8Si. The maximum Gasteiger partial charge on any atom is 0.313 e. The van der Waals surface area contributed by atoms with E-state index in [1.807, 2.05) is 25.1 Å². The predicted octanol–water partition coefficient (Wildman–Crippen LogP) is 5.69. The van der Waals surface area contributed by atoms with Gasteiger partial charge in [-0.25, -0.2) is 0 Å². The lowest BCUT2D eigenvalue weighted by Gasteiger charge is -2.43. The summed E-state index contributed by atoms with van der Waals surface area (Å²) >= 11 is 0. The molecule has 0 spiro atoms. The van der Waals surface area contributed by atoms with Crippen LogP contribution in [-0.2, 0) is 16.0 Å². The molecular weight excluding hydrogens is 504 g/mol. The second-order valence-electron chi connectivity index (χ2n) is 12.0. The largest absolute Gasteiger partial charge is 0.541 e. The lowest BCUT2D eigenvalue weighted by molar-refractivity contribution is -0.146. The predicted molar refractivity (Wildman–Crippen MR) is 145 cm³/mol. The van der Waals surface area contributed by atoms with Gasteiger partial charge in [-0.3, -0.25) is 4.79 Å². The summed E-state index contributed by atoms with van der Waals surface area (Å²) in [6, 6.07) is 5.86. The first-order valence-corrected chi connectivity index (χ1v) is 15.9. The fraction of sp³-hybridized carbons (Fsp3) is 0.552. The van der Waals surface area contributed by atoms with Gasteiger partial charge in [0.1, 0.15) is 0 Å². The SMILES string of the molecule is COc1cc([C@@H]2c3cc4c(c(O[Si](C)(C)C(C)(C)C)c3C[C@H]3COC(=O)[C@]32C)OCO4)cc(OC)c1OC. The van der Waals surface area contributed by atoms with E-state index in [1.165, 1.54) is 0 Å². The molecule has 2 aliphatic heterocycles. The van der Waals surface area contributed by atoms with Crippen LogP contribution >= 0.6 is 0 Å². The van der Waals surface area contributed by atoms with Gasteiger partial charge < -0.3 is 32.8 Å². The molecule has 2 heterocycles. The number of hydrogen-bond acceptors (Lipinski definition) is 8. The van der Waals surface area contributed by atoms with Gasteiger partial charge in [-0.1, -0.05) is 20.8 Å². The summed E-state index contributed by atoms with van der Waals surface area (Å²) in [7, 11) is 2.51. The van der Waals surface area contributed by atoms with Crippen molar-refractivity contribution in [2.45, 2.75) is 58.2 Å². The molecule has 38 heavy (non-hydrogen) atoms. The molecule has 0 unspecified atom stereocenters. The molecule has 0 radical (unpaired) electrons. The van der Waals surface area contributed by atoms with Crippen LogP contribution in [0.2, 0.25) is 18.1 Å². The van der Waals surface area contributed by atoms with Crippen molar-refractivity contribution in [2.24, 2.45) is 11.3 Å². The Morgan fingerprint density at radius 3 is 2.18 bits per heavy atom. The minimum Gasteiger partial charge on any atom is -0.541 e. The van der Waals surface area contributed by atoms with E-state index in [0.29, 0.717) is 41.8 Å². The number of cyclic esters (lactones) is 1. The Labute approximate surface area is 225 Å². The molecule has 9 heteroatoms. The van der Waals surface area contributed by atoms with Crippen LogP contribution in [0.15, 0.2) is 18.2 Å². The van der Waals surface area contributed by atoms with Crippen molar-refractivity contribution in [2.75, 3.05) is 34.7 Å². The average Bonchev–Trinajstić information content (AvgIpc) is 3.45. The highest BCUT2D eigenvalue weighted by atomic mass is 28.4. The van der Waals surface area contributed by atoms with Gasteiger partial charge >= 0.3 is 5.97 Å². The van der Waals surface area contributed by atoms with Gasteiger partial charge in [0.05, 0.1) is 33.4 Å². The highest BCUT2D eigenvalue weighted by Gasteiger charge is 2.59. The van der Waals surface area contributed by atoms with Gasteiger partial charge in [-0.15, -0.1) is 0 Å². The van der Waals surface area contributed by atoms with E-state index in [1.54, 1.807) is 21.3 Å². The lowest BCUT2D eigenvalue weighted by Crippen LogP contribution is -2.45. The maximum atomic E-state index is 13.4. The quantitative estimate of drug-likeness (QED) is 0.340. The molecule has 5 rings (SSSR count). The highest BCUT2D eigenvalue weighted by Crippen LogP contribution is 2.61. The summed E-state index contributed by atoms with van der Waals surface area (Å²) in [6.07, 6.45) is 0.638. The number of methoxy groups -OCH3 is 3. The number of benzene rings is 2. The van der Waals surface area contributed by atoms with Crippen LogP contribution in [0.1, 0.15) is 50.3 Å². The molecule has 0 saturated carbocycles. The molecule has 0 aromatic heterocycles. The number of carbonyl (C=O) groups is 1. The van der Waals surface area contributed by atoms with Gasteiger partial charge in [-0.2, -0.15) is 0 Å². The van der Waals surface area contributed by atoms with E-state index in [4.69, 9.17) is 32.8 Å². The summed E-state index contributed by atoms with van der Waals surface area (Å²) in [5.41, 5.74) is 2.07. The zero-order chi connectivity index (χ0) is 27.6. The lowest BCUT2D eigenvalue weighted by atomic mass is 9.58. The van der Waals surface area contributed by atoms with Crippen molar-refractivity contribution in [3.8, 4) is 34.5 Å². The third-order valence-electron chi connectivity index (χ3n) is 9.01. The monoisotopic (exact) mass is 542 g/mol. The summed E-state index contributed by atoms with van der Waals surface area (Å²) in [4.78, 5) is 13.4. The van der Waals surface area contributed by atoms with Crippen molar-refractivity contribution < 1.29 is 37.6 Å². The van der Waals surface area contributed by atoms with Gasteiger partial charge in [0.2, 0.25) is 18.3 Å². The van der Waals surface area contributed by atoms with Crippen LogP contribution in [0.5, 0.6) is 34.5 Å². The molecule has 3 atom stereocenters. The average molecular weight is 543 g/mol. The van der Waals surface area contributed by atoms with Crippen LogP contribution in [0.3, 0.4) is 0 Å². The van der Waals surface area contributed by atoms with Gasteiger partial charge in [0.25, 0.3) is 8.32 Å². The van der Waals surface area contributed by atoms with Crippen LogP contribution in [-0.4, -0.2) is 49.0 Å². The van der Waals surface area contributed by atoms with Gasteiger partial charge in [-0.05, 0) is 60.8 Å². The van der Waals surface area contributed by atoms with E-state index >= 15 is 0 Å². The molecule has 0 N–H and O–H groups in total. The second-order valence-corrected chi connectivity index (χ2v) is 16.8. The molecule has 0 amide bonds. The number of rotatable bonds is 6. The Hall–Kier alpha value is -3.07. The third kappa shape index (κ3) is 3.80. The van der Waals surface area contributed by atoms with E-state index in [0.717, 1.165) is 22.4 Å². The van der Waals surface area contributed by atoms with Crippen LogP contribution in [0, 0.1) is 11.3 Å². The van der Waals surface area contributed by atoms with Gasteiger partial charge in [0, 0.05) is 17.4 Å². The number of ether oxygens (including phenoxy) is 6. The van der Waals surface area contributed by atoms with Crippen LogP contribution in [0.25, 0.3) is 0 Å². The first-order valence-electron chi connectivity index (χ1n) is 13.0. The topological polar surface area (TPSA) is 81.7 Å². The Balaban J connectivity index is 1.79. The van der Waals surface area contributed by atoms with E-state index < -0.39 is 13.7 Å². The minimum atomic E-state index is -2.25. The van der Waals surface area contributed by atoms with E-state index in [2.05, 4.69) is 33.9 Å².